The molecule has 0 aliphatic carbocycles. The van der Waals surface area contributed by atoms with Crippen molar-refractivity contribution in [2.75, 3.05) is 6.54 Å². The van der Waals surface area contributed by atoms with E-state index < -0.39 is 49.8 Å². The van der Waals surface area contributed by atoms with Crippen LogP contribution in [0.5, 0.6) is 0 Å². The number of carbonyl (C=O) groups excluding carboxylic acids is 2. The van der Waals surface area contributed by atoms with Crippen LogP contribution in [0.1, 0.15) is 75.2 Å². The summed E-state index contributed by atoms with van der Waals surface area (Å²) >= 11 is 0. The van der Waals surface area contributed by atoms with Gasteiger partial charge in [-0.25, -0.2) is 4.79 Å². The Morgan fingerprint density at radius 1 is 0.850 bits per heavy atom. The fourth-order valence-electron chi connectivity index (χ4n) is 5.50. The average molecular weight is 570 g/mol. The zero-order valence-corrected chi connectivity index (χ0v) is 26.6. The van der Waals surface area contributed by atoms with Crippen LogP contribution in [-0.2, 0) is 18.7 Å². The molecule has 40 heavy (non-hydrogen) atoms. The van der Waals surface area contributed by atoms with Gasteiger partial charge in [0.15, 0.2) is 0 Å². The van der Waals surface area contributed by atoms with Gasteiger partial charge in [0.05, 0.1) is 24.7 Å². The molecular formula is C32H47NO6Si. The van der Waals surface area contributed by atoms with Gasteiger partial charge in [-0.05, 0) is 63.4 Å². The molecule has 3 atom stereocenters. The van der Waals surface area contributed by atoms with Gasteiger partial charge in [-0.2, -0.15) is 0 Å². The Kier molecular flexibility index (Phi) is 9.59. The number of hydrogen-bond acceptors (Lipinski definition) is 6. The molecule has 2 aromatic carbocycles. The van der Waals surface area contributed by atoms with E-state index in [-0.39, 0.29) is 11.5 Å². The number of ether oxygens (including phenoxy) is 2. The molecule has 1 saturated heterocycles. The molecule has 1 amide bonds. The van der Waals surface area contributed by atoms with Gasteiger partial charge < -0.3 is 19.0 Å². The first kappa shape index (κ1) is 31.8. The molecule has 1 aliphatic heterocycles. The molecule has 0 bridgehead atoms. The number of benzene rings is 2. The molecule has 220 valence electrons. The monoisotopic (exact) mass is 569 g/mol. The molecule has 7 nitrogen and oxygen atoms in total. The predicted octanol–water partition coefficient (Wildman–Crippen LogP) is 5.03. The molecule has 8 heteroatoms. The molecule has 1 fully saturated rings. The Morgan fingerprint density at radius 2 is 1.32 bits per heavy atom. The Labute approximate surface area is 241 Å². The van der Waals surface area contributed by atoms with E-state index in [0.717, 1.165) is 10.4 Å². The maximum atomic E-state index is 13.4. The zero-order chi connectivity index (χ0) is 29.9. The summed E-state index contributed by atoms with van der Waals surface area (Å²) in [6, 6.07) is 19.7. The minimum absolute atomic E-state index is 0.262. The van der Waals surface area contributed by atoms with Crippen LogP contribution in [0.4, 0.5) is 4.79 Å². The third kappa shape index (κ3) is 7.53. The predicted molar refractivity (Wildman–Crippen MR) is 160 cm³/mol. The zero-order valence-electron chi connectivity index (χ0n) is 25.6. The summed E-state index contributed by atoms with van der Waals surface area (Å²) in [5.74, 6) is -0.528. The number of nitrogens with zero attached hydrogens (tertiary/aromatic N) is 1. The molecular weight excluding hydrogens is 522 g/mol. The van der Waals surface area contributed by atoms with Gasteiger partial charge in [0.2, 0.25) is 0 Å². The summed E-state index contributed by atoms with van der Waals surface area (Å²) in [6.45, 7) is 17.7. The highest BCUT2D eigenvalue weighted by Gasteiger charge is 2.55. The van der Waals surface area contributed by atoms with E-state index in [2.05, 4.69) is 45.0 Å². The van der Waals surface area contributed by atoms with Crippen molar-refractivity contribution in [2.45, 2.75) is 110 Å². The second kappa shape index (κ2) is 12.0. The molecule has 2 aromatic rings. The summed E-state index contributed by atoms with van der Waals surface area (Å²) in [6.07, 6.45) is -2.03. The van der Waals surface area contributed by atoms with E-state index >= 15 is 0 Å². The standard InChI is InChI=1S/C32H47NO6Si/c1-30(2,3)37-27(35)22-25(34)28-26(20-21-33(28)29(36)38-31(4,5)6)39-40(32(7,8)9,23-16-12-10-13-17-23)24-18-14-11-15-19-24/h10-19,25-26,28,34H,20-22H2,1-9H3/t25-,26-,28-/m0/s1. The van der Waals surface area contributed by atoms with Crippen molar-refractivity contribution < 1.29 is 28.6 Å². The maximum absolute atomic E-state index is 13.4. The smallest absolute Gasteiger partial charge is 0.410 e. The van der Waals surface area contributed by atoms with Crippen molar-refractivity contribution >= 4 is 30.8 Å². The number of esters is 1. The average Bonchev–Trinajstić information content (AvgIpc) is 3.24. The lowest BCUT2D eigenvalue weighted by molar-refractivity contribution is -0.158. The van der Waals surface area contributed by atoms with Crippen molar-refractivity contribution in [1.29, 1.82) is 0 Å². The third-order valence-corrected chi connectivity index (χ3v) is 12.0. The first-order valence-corrected chi connectivity index (χ1v) is 16.0. The molecule has 0 unspecified atom stereocenters. The highest BCUT2D eigenvalue weighted by molar-refractivity contribution is 6.99. The van der Waals surface area contributed by atoms with Crippen molar-refractivity contribution in [1.82, 2.24) is 4.90 Å². The van der Waals surface area contributed by atoms with Crippen molar-refractivity contribution in [3.63, 3.8) is 0 Å². The summed E-state index contributed by atoms with van der Waals surface area (Å²) in [5, 5.41) is 13.4. The van der Waals surface area contributed by atoms with Crippen LogP contribution in [0.25, 0.3) is 0 Å². The van der Waals surface area contributed by atoms with E-state index in [9.17, 15) is 14.7 Å². The number of aliphatic hydroxyl groups excluding tert-OH is 1. The van der Waals surface area contributed by atoms with Gasteiger partial charge in [0, 0.05) is 6.54 Å². The fraction of sp³-hybridized carbons (Fsp3) is 0.562. The largest absolute Gasteiger partial charge is 0.460 e. The first-order chi connectivity index (χ1) is 18.4. The fourth-order valence-corrected chi connectivity index (χ4v) is 10.2. The van der Waals surface area contributed by atoms with Gasteiger partial charge in [0.25, 0.3) is 8.32 Å². The highest BCUT2D eigenvalue weighted by atomic mass is 28.4. The number of rotatable bonds is 7. The number of hydrogen-bond donors (Lipinski definition) is 1. The molecule has 1 aliphatic rings. The van der Waals surface area contributed by atoms with Crippen LogP contribution in [0.3, 0.4) is 0 Å². The molecule has 0 spiro atoms. The Morgan fingerprint density at radius 3 is 1.75 bits per heavy atom. The van der Waals surface area contributed by atoms with Gasteiger partial charge in [-0.15, -0.1) is 0 Å². The van der Waals surface area contributed by atoms with Crippen LogP contribution in [-0.4, -0.2) is 66.4 Å². The number of amides is 1. The Balaban J connectivity index is 2.09. The van der Waals surface area contributed by atoms with E-state index in [0.29, 0.717) is 13.0 Å². The Bertz CT molecular complexity index is 1090. The van der Waals surface area contributed by atoms with Crippen LogP contribution >= 0.6 is 0 Å². The minimum atomic E-state index is -3.00. The summed E-state index contributed by atoms with van der Waals surface area (Å²) in [5.41, 5.74) is -1.41. The molecule has 1 N–H and O–H groups in total. The lowest BCUT2D eigenvalue weighted by Gasteiger charge is -2.46. The molecule has 1 heterocycles. The van der Waals surface area contributed by atoms with Gasteiger partial charge in [0.1, 0.15) is 11.2 Å². The normalized spacial score (nSPS) is 19.3. The van der Waals surface area contributed by atoms with Crippen LogP contribution in [0.15, 0.2) is 60.7 Å². The van der Waals surface area contributed by atoms with Crippen LogP contribution in [0.2, 0.25) is 5.04 Å². The molecule has 0 radical (unpaired) electrons. The summed E-state index contributed by atoms with van der Waals surface area (Å²) in [7, 11) is -3.00. The van der Waals surface area contributed by atoms with Gasteiger partial charge in [-0.1, -0.05) is 81.4 Å². The van der Waals surface area contributed by atoms with E-state index in [4.69, 9.17) is 13.9 Å². The van der Waals surface area contributed by atoms with E-state index in [1.807, 2.05) is 57.2 Å². The molecule has 3 rings (SSSR count). The van der Waals surface area contributed by atoms with Crippen LogP contribution in [0, 0.1) is 0 Å². The second-order valence-electron chi connectivity index (χ2n) is 13.6. The minimum Gasteiger partial charge on any atom is -0.460 e. The van der Waals surface area contributed by atoms with Crippen molar-refractivity contribution in [3.8, 4) is 0 Å². The van der Waals surface area contributed by atoms with Crippen molar-refractivity contribution in [3.05, 3.63) is 60.7 Å². The molecule has 0 aromatic heterocycles. The number of aliphatic hydroxyl groups is 1. The first-order valence-electron chi connectivity index (χ1n) is 14.1. The van der Waals surface area contributed by atoms with Crippen molar-refractivity contribution in [2.24, 2.45) is 0 Å². The van der Waals surface area contributed by atoms with Gasteiger partial charge >= 0.3 is 12.1 Å². The highest BCUT2D eigenvalue weighted by Crippen LogP contribution is 2.40. The molecule has 0 saturated carbocycles. The second-order valence-corrected chi connectivity index (χ2v) is 17.9. The summed E-state index contributed by atoms with van der Waals surface area (Å²) < 4.78 is 18.6. The topological polar surface area (TPSA) is 85.3 Å². The van der Waals surface area contributed by atoms with E-state index in [1.54, 1.807) is 20.8 Å². The lowest BCUT2D eigenvalue weighted by atomic mass is 10.0. The van der Waals surface area contributed by atoms with Gasteiger partial charge in [-0.3, -0.25) is 9.69 Å². The summed E-state index contributed by atoms with van der Waals surface area (Å²) in [4.78, 5) is 27.7. The van der Waals surface area contributed by atoms with E-state index in [1.165, 1.54) is 4.90 Å². The quantitative estimate of drug-likeness (QED) is 0.372. The number of carbonyl (C=O) groups is 2. The maximum Gasteiger partial charge on any atom is 0.410 e. The Hall–Kier alpha value is -2.68. The number of likely N-dealkylation sites (tertiary alicyclic amines) is 1. The van der Waals surface area contributed by atoms with Crippen LogP contribution < -0.4 is 10.4 Å². The lowest BCUT2D eigenvalue weighted by Crippen LogP contribution is -2.69. The third-order valence-electron chi connectivity index (χ3n) is 6.96. The SMILES string of the molecule is CC(C)(C)OC(=O)C[C@H](O)[C@H]1[C@@H](O[Si](c2ccccc2)(c2ccccc2)C(C)(C)C)CCN1C(=O)OC(C)(C)C.